The molecule has 6 nitrogen and oxygen atoms in total. The molecule has 0 radical (unpaired) electrons. The Hall–Kier alpha value is -2.22. The number of rotatable bonds is 5. The van der Waals surface area contributed by atoms with Gasteiger partial charge in [0.2, 0.25) is 10.0 Å². The lowest BCUT2D eigenvalue weighted by Gasteiger charge is -2.25. The predicted octanol–water partition coefficient (Wildman–Crippen LogP) is 3.30. The van der Waals surface area contributed by atoms with Crippen LogP contribution >= 0.6 is 11.6 Å². The van der Waals surface area contributed by atoms with Crippen LogP contribution in [0.1, 0.15) is 18.5 Å². The second-order valence-electron chi connectivity index (χ2n) is 5.58. The minimum atomic E-state index is -3.61. The fraction of sp³-hybridized carbons (Fsp3) is 0.176. The Bertz CT molecular complexity index is 939. The van der Waals surface area contributed by atoms with Gasteiger partial charge < -0.3 is 0 Å². The summed E-state index contributed by atoms with van der Waals surface area (Å²) in [5.74, 6) is 0. The Balaban J connectivity index is 1.84. The Morgan fingerprint density at radius 3 is 2.28 bits per heavy atom. The van der Waals surface area contributed by atoms with Gasteiger partial charge in [0, 0.05) is 18.1 Å². The van der Waals surface area contributed by atoms with Crippen molar-refractivity contribution >= 4 is 21.6 Å². The highest BCUT2D eigenvalue weighted by Crippen LogP contribution is 2.27. The van der Waals surface area contributed by atoms with Crippen LogP contribution in [0.5, 0.6) is 0 Å². The number of halogens is 1. The Morgan fingerprint density at radius 2 is 1.72 bits per heavy atom. The Kier molecular flexibility index (Phi) is 4.89. The fourth-order valence-corrected chi connectivity index (χ4v) is 3.91. The van der Waals surface area contributed by atoms with E-state index in [9.17, 15) is 8.42 Å². The predicted molar refractivity (Wildman–Crippen MR) is 96.2 cm³/mol. The minimum Gasteiger partial charge on any atom is -0.223 e. The molecule has 0 aliphatic heterocycles. The molecule has 0 bridgehead atoms. The van der Waals surface area contributed by atoms with E-state index in [0.717, 1.165) is 11.3 Å². The summed E-state index contributed by atoms with van der Waals surface area (Å²) in [7, 11) is -2.04. The molecule has 0 unspecified atom stereocenters. The van der Waals surface area contributed by atoms with Gasteiger partial charge in [-0.05, 0) is 48.9 Å². The molecule has 1 atom stereocenters. The third-order valence-electron chi connectivity index (χ3n) is 4.09. The van der Waals surface area contributed by atoms with Crippen molar-refractivity contribution in [3.63, 3.8) is 0 Å². The summed E-state index contributed by atoms with van der Waals surface area (Å²) in [5.41, 5.74) is 1.74. The molecule has 25 heavy (non-hydrogen) atoms. The van der Waals surface area contributed by atoms with Crippen molar-refractivity contribution in [3.05, 3.63) is 71.8 Å². The molecule has 1 aromatic heterocycles. The van der Waals surface area contributed by atoms with E-state index in [4.69, 9.17) is 11.6 Å². The molecule has 130 valence electrons. The quantitative estimate of drug-likeness (QED) is 0.685. The smallest absolute Gasteiger partial charge is 0.223 e. The first kappa shape index (κ1) is 17.6. The van der Waals surface area contributed by atoms with Gasteiger partial charge in [-0.15, -0.1) is 0 Å². The minimum absolute atomic E-state index is 0.213. The van der Waals surface area contributed by atoms with Gasteiger partial charge in [-0.3, -0.25) is 0 Å². The largest absolute Gasteiger partial charge is 0.243 e. The molecule has 1 heterocycles. The summed E-state index contributed by atoms with van der Waals surface area (Å²) in [6.07, 6.45) is 3.07. The molecule has 0 saturated carbocycles. The first-order chi connectivity index (χ1) is 11.9. The van der Waals surface area contributed by atoms with Gasteiger partial charge in [0.25, 0.3) is 0 Å². The standard InChI is InChI=1S/C17H17ClN4O2S/c1-13(14-3-7-16(8-4-14)22-12-19-11-20-22)21(2)25(23,24)17-9-5-15(18)6-10-17/h3-13H,1-2H3/t13-/m1/s1. The van der Waals surface area contributed by atoms with Crippen molar-refractivity contribution in [3.8, 4) is 5.69 Å². The van der Waals surface area contributed by atoms with Gasteiger partial charge in [0.05, 0.1) is 10.6 Å². The van der Waals surface area contributed by atoms with Gasteiger partial charge >= 0.3 is 0 Å². The van der Waals surface area contributed by atoms with E-state index in [1.807, 2.05) is 31.2 Å². The van der Waals surface area contributed by atoms with Crippen molar-refractivity contribution in [1.29, 1.82) is 0 Å². The van der Waals surface area contributed by atoms with Gasteiger partial charge in [-0.25, -0.2) is 18.1 Å². The second-order valence-corrected chi connectivity index (χ2v) is 8.02. The number of benzene rings is 2. The number of nitrogens with zero attached hydrogens (tertiary/aromatic N) is 4. The topological polar surface area (TPSA) is 68.1 Å². The molecule has 0 fully saturated rings. The summed E-state index contributed by atoms with van der Waals surface area (Å²) < 4.78 is 28.5. The highest BCUT2D eigenvalue weighted by Gasteiger charge is 2.26. The van der Waals surface area contributed by atoms with E-state index in [0.29, 0.717) is 5.02 Å². The van der Waals surface area contributed by atoms with Gasteiger partial charge in [0.1, 0.15) is 12.7 Å². The normalized spacial score (nSPS) is 13.1. The molecule has 0 amide bonds. The number of hydrogen-bond donors (Lipinski definition) is 0. The fourth-order valence-electron chi connectivity index (χ4n) is 2.44. The van der Waals surface area contributed by atoms with Crippen LogP contribution in [0.25, 0.3) is 5.69 Å². The van der Waals surface area contributed by atoms with Gasteiger partial charge in [0.15, 0.2) is 0 Å². The average Bonchev–Trinajstić information content (AvgIpc) is 3.15. The van der Waals surface area contributed by atoms with Gasteiger partial charge in [-0.1, -0.05) is 23.7 Å². The zero-order chi connectivity index (χ0) is 18.0. The van der Waals surface area contributed by atoms with Crippen molar-refractivity contribution < 1.29 is 8.42 Å². The average molecular weight is 377 g/mol. The second kappa shape index (κ2) is 6.95. The molecule has 0 saturated heterocycles. The first-order valence-electron chi connectivity index (χ1n) is 7.58. The first-order valence-corrected chi connectivity index (χ1v) is 9.40. The summed E-state index contributed by atoms with van der Waals surface area (Å²) in [6, 6.07) is 13.4. The molecule has 0 aliphatic carbocycles. The van der Waals surface area contributed by atoms with Crippen molar-refractivity contribution in [2.45, 2.75) is 17.9 Å². The van der Waals surface area contributed by atoms with E-state index in [1.54, 1.807) is 30.2 Å². The van der Waals surface area contributed by atoms with Crippen LogP contribution < -0.4 is 0 Å². The van der Waals surface area contributed by atoms with E-state index in [1.165, 1.54) is 22.8 Å². The van der Waals surface area contributed by atoms with E-state index >= 15 is 0 Å². The van der Waals surface area contributed by atoms with E-state index in [2.05, 4.69) is 10.1 Å². The molecule has 0 aliphatic rings. The molecule has 0 spiro atoms. The maximum absolute atomic E-state index is 12.8. The highest BCUT2D eigenvalue weighted by atomic mass is 35.5. The summed E-state index contributed by atoms with van der Waals surface area (Å²) in [5, 5.41) is 4.57. The molecular formula is C17H17ClN4O2S. The SMILES string of the molecule is C[C@H](c1ccc(-n2cncn2)cc1)N(C)S(=O)(=O)c1ccc(Cl)cc1. The van der Waals surface area contributed by atoms with Crippen LogP contribution in [0.4, 0.5) is 0 Å². The van der Waals surface area contributed by atoms with Crippen LogP contribution in [0.3, 0.4) is 0 Å². The third kappa shape index (κ3) is 3.58. The lowest BCUT2D eigenvalue weighted by molar-refractivity contribution is 0.398. The number of aromatic nitrogens is 3. The maximum atomic E-state index is 12.8. The van der Waals surface area contributed by atoms with Crippen molar-refractivity contribution in [2.75, 3.05) is 7.05 Å². The number of sulfonamides is 1. The van der Waals surface area contributed by atoms with Gasteiger partial charge in [-0.2, -0.15) is 9.40 Å². The third-order valence-corrected chi connectivity index (χ3v) is 6.29. The Labute approximate surface area is 151 Å². The summed E-state index contributed by atoms with van der Waals surface area (Å²) in [4.78, 5) is 4.12. The van der Waals surface area contributed by atoms with E-state index in [-0.39, 0.29) is 10.9 Å². The van der Waals surface area contributed by atoms with Crippen LogP contribution in [-0.4, -0.2) is 34.5 Å². The zero-order valence-corrected chi connectivity index (χ0v) is 15.3. The monoisotopic (exact) mass is 376 g/mol. The van der Waals surface area contributed by atoms with E-state index < -0.39 is 10.0 Å². The van der Waals surface area contributed by atoms with Crippen LogP contribution in [-0.2, 0) is 10.0 Å². The van der Waals surface area contributed by atoms with Crippen molar-refractivity contribution in [2.24, 2.45) is 0 Å². The van der Waals surface area contributed by atoms with Crippen LogP contribution in [0.2, 0.25) is 5.02 Å². The van der Waals surface area contributed by atoms with Crippen LogP contribution in [0, 0.1) is 0 Å². The molecule has 8 heteroatoms. The molecule has 0 N–H and O–H groups in total. The zero-order valence-electron chi connectivity index (χ0n) is 13.7. The molecule has 2 aromatic carbocycles. The molecular weight excluding hydrogens is 360 g/mol. The molecule has 3 rings (SSSR count). The summed E-state index contributed by atoms with van der Waals surface area (Å²) in [6.45, 7) is 1.85. The van der Waals surface area contributed by atoms with Crippen LogP contribution in [0.15, 0.2) is 66.1 Å². The maximum Gasteiger partial charge on any atom is 0.243 e. The molecule has 3 aromatic rings. The summed E-state index contributed by atoms with van der Waals surface area (Å²) >= 11 is 5.84. The lowest BCUT2D eigenvalue weighted by atomic mass is 10.1. The lowest BCUT2D eigenvalue weighted by Crippen LogP contribution is -2.29. The highest BCUT2D eigenvalue weighted by molar-refractivity contribution is 7.89. The number of hydrogen-bond acceptors (Lipinski definition) is 4. The van der Waals surface area contributed by atoms with Crippen molar-refractivity contribution in [1.82, 2.24) is 19.1 Å². The Morgan fingerprint density at radius 1 is 1.08 bits per heavy atom.